The summed E-state index contributed by atoms with van der Waals surface area (Å²) in [4.78, 5) is 27.1. The minimum Gasteiger partial charge on any atom is -0.459 e. The fourth-order valence-corrected chi connectivity index (χ4v) is 7.19. The SMILES string of the molecule is Cc1ccc(S(=O)(=O)N(C)C2=C(C3CCCCC3)[C@@H]3CCC(=O)[C@]23C(=O)OC(C)(C)C)cc1. The zero-order chi connectivity index (χ0) is 24.2. The van der Waals surface area contributed by atoms with Gasteiger partial charge in [0.05, 0.1) is 10.6 Å². The number of esters is 1. The van der Waals surface area contributed by atoms with Crippen LogP contribution < -0.4 is 0 Å². The monoisotopic (exact) mass is 473 g/mol. The van der Waals surface area contributed by atoms with Gasteiger partial charge in [-0.2, -0.15) is 0 Å². The summed E-state index contributed by atoms with van der Waals surface area (Å²) in [5.41, 5.74) is 0.00583. The molecule has 1 aromatic rings. The van der Waals surface area contributed by atoms with Gasteiger partial charge in [-0.1, -0.05) is 37.0 Å². The normalized spacial score (nSPS) is 26.1. The first kappa shape index (κ1) is 24.0. The van der Waals surface area contributed by atoms with Gasteiger partial charge in [-0.3, -0.25) is 13.9 Å². The molecule has 0 heterocycles. The Labute approximate surface area is 197 Å². The van der Waals surface area contributed by atoms with Crippen molar-refractivity contribution >= 4 is 21.8 Å². The zero-order valence-electron chi connectivity index (χ0n) is 20.3. The van der Waals surface area contributed by atoms with Crippen LogP contribution >= 0.6 is 0 Å². The van der Waals surface area contributed by atoms with Crippen LogP contribution in [0.3, 0.4) is 0 Å². The van der Waals surface area contributed by atoms with Crippen LogP contribution in [0.2, 0.25) is 0 Å². The van der Waals surface area contributed by atoms with E-state index in [4.69, 9.17) is 4.74 Å². The first-order chi connectivity index (χ1) is 15.4. The van der Waals surface area contributed by atoms with E-state index in [1.807, 2.05) is 6.92 Å². The summed E-state index contributed by atoms with van der Waals surface area (Å²) in [5, 5.41) is 0. The van der Waals surface area contributed by atoms with Gasteiger partial charge in [0.1, 0.15) is 5.60 Å². The van der Waals surface area contributed by atoms with E-state index in [-0.39, 0.29) is 28.9 Å². The molecule has 180 valence electrons. The second kappa shape index (κ2) is 8.26. The quantitative estimate of drug-likeness (QED) is 0.454. The van der Waals surface area contributed by atoms with Crippen LogP contribution in [0.1, 0.15) is 71.3 Å². The van der Waals surface area contributed by atoms with Gasteiger partial charge in [-0.05, 0) is 70.6 Å². The Balaban J connectivity index is 1.86. The molecule has 7 heteroatoms. The molecule has 2 fully saturated rings. The number of hydrogen-bond acceptors (Lipinski definition) is 5. The number of rotatable bonds is 5. The summed E-state index contributed by atoms with van der Waals surface area (Å²) >= 11 is 0. The molecule has 0 bridgehead atoms. The largest absolute Gasteiger partial charge is 0.459 e. The Hall–Kier alpha value is -2.15. The van der Waals surface area contributed by atoms with Crippen molar-refractivity contribution in [1.29, 1.82) is 0 Å². The van der Waals surface area contributed by atoms with Crippen molar-refractivity contribution in [3.8, 4) is 0 Å². The molecule has 3 aliphatic carbocycles. The number of nitrogens with zero attached hydrogens (tertiary/aromatic N) is 1. The summed E-state index contributed by atoms with van der Waals surface area (Å²) in [5.74, 6) is -0.894. The van der Waals surface area contributed by atoms with Crippen LogP contribution in [0.15, 0.2) is 40.4 Å². The highest BCUT2D eigenvalue weighted by Gasteiger charge is 2.70. The molecule has 3 aliphatic rings. The summed E-state index contributed by atoms with van der Waals surface area (Å²) in [6, 6.07) is 6.67. The lowest BCUT2D eigenvalue weighted by Crippen LogP contribution is -2.58. The van der Waals surface area contributed by atoms with E-state index in [1.165, 1.54) is 11.4 Å². The second-order valence-electron chi connectivity index (χ2n) is 10.7. The minimum absolute atomic E-state index is 0.152. The highest BCUT2D eigenvalue weighted by molar-refractivity contribution is 7.89. The Kier molecular flexibility index (Phi) is 6.00. The van der Waals surface area contributed by atoms with Crippen LogP contribution in [-0.2, 0) is 24.3 Å². The van der Waals surface area contributed by atoms with Crippen molar-refractivity contribution in [1.82, 2.24) is 4.31 Å². The topological polar surface area (TPSA) is 80.8 Å². The molecule has 6 nitrogen and oxygen atoms in total. The average molecular weight is 474 g/mol. The maximum atomic E-state index is 13.7. The molecule has 2 atom stereocenters. The van der Waals surface area contributed by atoms with Gasteiger partial charge in [0.25, 0.3) is 10.0 Å². The smallest absolute Gasteiger partial charge is 0.326 e. The molecule has 1 aromatic carbocycles. The summed E-state index contributed by atoms with van der Waals surface area (Å²) < 4.78 is 34.3. The Morgan fingerprint density at radius 1 is 1.06 bits per heavy atom. The van der Waals surface area contributed by atoms with Crippen molar-refractivity contribution in [3.63, 3.8) is 0 Å². The van der Waals surface area contributed by atoms with Gasteiger partial charge in [0, 0.05) is 19.4 Å². The molecule has 0 spiro atoms. The van der Waals surface area contributed by atoms with Gasteiger partial charge in [-0.15, -0.1) is 0 Å². The number of aryl methyl sites for hydroxylation is 1. The maximum Gasteiger partial charge on any atom is 0.326 e. The molecule has 0 radical (unpaired) electrons. The summed E-state index contributed by atoms with van der Waals surface area (Å²) in [6.45, 7) is 7.21. The number of ketones is 1. The predicted molar refractivity (Wildman–Crippen MR) is 126 cm³/mol. The molecule has 0 saturated heterocycles. The number of carbonyl (C=O) groups is 2. The lowest BCUT2D eigenvalue weighted by atomic mass is 9.55. The molecule has 0 N–H and O–H groups in total. The molecule has 4 rings (SSSR count). The molecule has 0 aliphatic heterocycles. The Morgan fingerprint density at radius 2 is 1.67 bits per heavy atom. The maximum absolute atomic E-state index is 13.7. The predicted octanol–water partition coefficient (Wildman–Crippen LogP) is 4.77. The third kappa shape index (κ3) is 3.82. The number of fused-ring (bicyclic) bond motifs is 1. The van der Waals surface area contributed by atoms with Crippen molar-refractivity contribution in [2.75, 3.05) is 7.05 Å². The molecule has 33 heavy (non-hydrogen) atoms. The average Bonchev–Trinajstić information content (AvgIpc) is 3.00. The number of sulfonamides is 1. The van der Waals surface area contributed by atoms with Gasteiger partial charge < -0.3 is 4.74 Å². The molecule has 2 saturated carbocycles. The van der Waals surface area contributed by atoms with Gasteiger partial charge in [0.15, 0.2) is 11.2 Å². The van der Waals surface area contributed by atoms with Crippen molar-refractivity contribution in [3.05, 3.63) is 41.1 Å². The fourth-order valence-electron chi connectivity index (χ4n) is 5.91. The van der Waals surface area contributed by atoms with Crippen LogP contribution in [0.25, 0.3) is 0 Å². The first-order valence-corrected chi connectivity index (χ1v) is 13.4. The van der Waals surface area contributed by atoms with Crippen molar-refractivity contribution < 1.29 is 22.7 Å². The number of ether oxygens (including phenoxy) is 1. The number of benzene rings is 1. The van der Waals surface area contributed by atoms with E-state index in [9.17, 15) is 18.0 Å². The van der Waals surface area contributed by atoms with Gasteiger partial charge >= 0.3 is 5.97 Å². The Morgan fingerprint density at radius 3 is 2.24 bits per heavy atom. The van der Waals surface area contributed by atoms with Crippen molar-refractivity contribution in [2.24, 2.45) is 17.3 Å². The van der Waals surface area contributed by atoms with E-state index >= 15 is 0 Å². The fraction of sp³-hybridized carbons (Fsp3) is 0.615. The van der Waals surface area contributed by atoms with Crippen LogP contribution in [0.4, 0.5) is 0 Å². The highest BCUT2D eigenvalue weighted by Crippen LogP contribution is 2.64. The molecular weight excluding hydrogens is 438 g/mol. The van der Waals surface area contributed by atoms with Crippen molar-refractivity contribution in [2.45, 2.75) is 83.1 Å². The lowest BCUT2D eigenvalue weighted by molar-refractivity contribution is -0.171. The third-order valence-electron chi connectivity index (χ3n) is 7.41. The number of hydrogen-bond donors (Lipinski definition) is 0. The second-order valence-corrected chi connectivity index (χ2v) is 12.7. The molecule has 0 aromatic heterocycles. The standard InChI is InChI=1S/C26H35NO5S/c1-17-11-13-19(14-12-17)33(30,31)27(5)23-22(18-9-7-6-8-10-18)20-15-16-21(28)26(20,23)24(29)32-25(2,3)4/h11-14,18,20H,6-10,15-16H2,1-5H3/t20-,26-/m0/s1. The lowest BCUT2D eigenvalue weighted by Gasteiger charge is -2.51. The number of Topliss-reactive ketones (excluding diaryl/α,β-unsaturated/α-hetero) is 1. The third-order valence-corrected chi connectivity index (χ3v) is 9.18. The van der Waals surface area contributed by atoms with Gasteiger partial charge in [0.2, 0.25) is 0 Å². The summed E-state index contributed by atoms with van der Waals surface area (Å²) in [7, 11) is -2.46. The number of carbonyl (C=O) groups excluding carboxylic acids is 2. The number of allylic oxidation sites excluding steroid dienone is 1. The minimum atomic E-state index is -3.95. The first-order valence-electron chi connectivity index (χ1n) is 12.0. The van der Waals surface area contributed by atoms with E-state index in [0.29, 0.717) is 12.1 Å². The zero-order valence-corrected chi connectivity index (χ0v) is 21.1. The van der Waals surface area contributed by atoms with E-state index < -0.39 is 27.0 Å². The van der Waals surface area contributed by atoms with Gasteiger partial charge in [-0.25, -0.2) is 8.42 Å². The van der Waals surface area contributed by atoms with E-state index in [1.54, 1.807) is 45.0 Å². The van der Waals surface area contributed by atoms with E-state index in [2.05, 4.69) is 0 Å². The molecule has 0 unspecified atom stereocenters. The van der Waals surface area contributed by atoms with Crippen LogP contribution in [-0.4, -0.2) is 37.1 Å². The van der Waals surface area contributed by atoms with Crippen LogP contribution in [0.5, 0.6) is 0 Å². The molecular formula is C26H35NO5S. The Bertz CT molecular complexity index is 1090. The highest BCUT2D eigenvalue weighted by atomic mass is 32.2. The van der Waals surface area contributed by atoms with E-state index in [0.717, 1.165) is 43.2 Å². The summed E-state index contributed by atoms with van der Waals surface area (Å²) in [6.07, 6.45) is 6.09. The molecule has 0 amide bonds. The van der Waals surface area contributed by atoms with Crippen LogP contribution in [0, 0.1) is 24.2 Å².